The maximum absolute atomic E-state index is 11.7. The lowest BCUT2D eigenvalue weighted by Crippen LogP contribution is -2.14. The molecule has 2 unspecified atom stereocenters. The molecule has 0 fully saturated rings. The van der Waals surface area contributed by atoms with Gasteiger partial charge in [0, 0.05) is 0 Å². The Balaban J connectivity index is 1.78. The number of likely N-dealkylation sites (N-methyl/N-ethyl adjacent to an activating group) is 1. The monoisotopic (exact) mass is 291 g/mol. The number of nitrogens with zero attached hydrogens (tertiary/aromatic N) is 1. The third kappa shape index (κ3) is 1.76. The van der Waals surface area contributed by atoms with Crippen molar-refractivity contribution in [3.8, 4) is 0 Å². The van der Waals surface area contributed by atoms with Crippen molar-refractivity contribution >= 4 is 11.5 Å². The third-order valence-corrected chi connectivity index (χ3v) is 4.71. The lowest BCUT2D eigenvalue weighted by Gasteiger charge is -2.19. The molecule has 110 valence electrons. The number of methoxy groups -OCH3 is 1. The van der Waals surface area contributed by atoms with Crippen LogP contribution in [0.1, 0.15) is 39.1 Å². The second-order valence-electron chi connectivity index (χ2n) is 5.84. The van der Waals surface area contributed by atoms with Gasteiger partial charge in [-0.1, -0.05) is 42.5 Å². The summed E-state index contributed by atoms with van der Waals surface area (Å²) in [5.74, 6) is -0.277. The quantitative estimate of drug-likeness (QED) is 0.792. The Kier molecular flexibility index (Phi) is 2.91. The van der Waals surface area contributed by atoms with Gasteiger partial charge in [0.2, 0.25) is 0 Å². The zero-order chi connectivity index (χ0) is 15.3. The number of ether oxygens (including phenoxy) is 1. The molecule has 3 nitrogen and oxygen atoms in total. The molecule has 0 saturated heterocycles. The van der Waals surface area contributed by atoms with Crippen LogP contribution >= 0.6 is 0 Å². The molecule has 0 saturated carbocycles. The summed E-state index contributed by atoms with van der Waals surface area (Å²) in [6, 6.07) is 16.9. The SMILES string of the molecule is COC(=O)c1ccc2c(c1)C1C=C(c3ccccc3)C2N1C. The molecule has 3 heteroatoms. The average Bonchev–Trinajstić information content (AvgIpc) is 3.05. The first-order valence-electron chi connectivity index (χ1n) is 7.42. The summed E-state index contributed by atoms with van der Waals surface area (Å²) < 4.78 is 4.83. The van der Waals surface area contributed by atoms with E-state index in [1.165, 1.54) is 29.4 Å². The van der Waals surface area contributed by atoms with Gasteiger partial charge in [0.25, 0.3) is 0 Å². The molecule has 2 bridgehead atoms. The number of esters is 1. The summed E-state index contributed by atoms with van der Waals surface area (Å²) in [5.41, 5.74) is 5.75. The van der Waals surface area contributed by atoms with Crippen LogP contribution in [0, 0.1) is 0 Å². The van der Waals surface area contributed by atoms with Crippen molar-refractivity contribution in [1.29, 1.82) is 0 Å². The minimum absolute atomic E-state index is 0.236. The first-order valence-corrected chi connectivity index (χ1v) is 7.42. The Labute approximate surface area is 129 Å². The first-order chi connectivity index (χ1) is 10.7. The van der Waals surface area contributed by atoms with Crippen molar-refractivity contribution in [3.05, 3.63) is 76.9 Å². The number of hydrogen-bond donors (Lipinski definition) is 0. The molecular weight excluding hydrogens is 274 g/mol. The van der Waals surface area contributed by atoms with E-state index in [0.717, 1.165) is 0 Å². The summed E-state index contributed by atoms with van der Waals surface area (Å²) >= 11 is 0. The number of carbonyl (C=O) groups excluding carboxylic acids is 1. The minimum Gasteiger partial charge on any atom is -0.465 e. The lowest BCUT2D eigenvalue weighted by molar-refractivity contribution is 0.0600. The van der Waals surface area contributed by atoms with E-state index < -0.39 is 0 Å². The summed E-state index contributed by atoms with van der Waals surface area (Å²) in [7, 11) is 3.56. The Hall–Kier alpha value is -2.39. The van der Waals surface area contributed by atoms with E-state index in [9.17, 15) is 4.79 Å². The fourth-order valence-electron chi connectivity index (χ4n) is 3.66. The topological polar surface area (TPSA) is 29.5 Å². The van der Waals surface area contributed by atoms with Gasteiger partial charge in [-0.2, -0.15) is 0 Å². The van der Waals surface area contributed by atoms with E-state index in [4.69, 9.17) is 4.74 Å². The molecule has 2 aromatic rings. The molecule has 0 spiro atoms. The van der Waals surface area contributed by atoms with Gasteiger partial charge in [0.1, 0.15) is 0 Å². The van der Waals surface area contributed by atoms with Crippen LogP contribution in [0.25, 0.3) is 5.57 Å². The highest BCUT2D eigenvalue weighted by Gasteiger charge is 2.43. The van der Waals surface area contributed by atoms with Crippen LogP contribution in [0.3, 0.4) is 0 Å². The van der Waals surface area contributed by atoms with Gasteiger partial charge in [0.05, 0.1) is 24.8 Å². The third-order valence-electron chi connectivity index (χ3n) is 4.71. The van der Waals surface area contributed by atoms with E-state index in [1.54, 1.807) is 0 Å². The van der Waals surface area contributed by atoms with Gasteiger partial charge < -0.3 is 4.74 Å². The van der Waals surface area contributed by atoms with Crippen LogP contribution in [-0.4, -0.2) is 25.0 Å². The molecule has 22 heavy (non-hydrogen) atoms. The van der Waals surface area contributed by atoms with Crippen LogP contribution in [0.5, 0.6) is 0 Å². The van der Waals surface area contributed by atoms with Crippen LogP contribution in [0.4, 0.5) is 0 Å². The predicted octanol–water partition coefficient (Wildman–Crippen LogP) is 3.60. The molecule has 0 radical (unpaired) electrons. The Morgan fingerprint density at radius 3 is 2.59 bits per heavy atom. The van der Waals surface area contributed by atoms with E-state index in [2.05, 4.69) is 48.4 Å². The predicted molar refractivity (Wildman–Crippen MR) is 85.4 cm³/mol. The van der Waals surface area contributed by atoms with Crippen LogP contribution < -0.4 is 0 Å². The fourth-order valence-corrected chi connectivity index (χ4v) is 3.66. The average molecular weight is 291 g/mol. The van der Waals surface area contributed by atoms with Crippen molar-refractivity contribution in [3.63, 3.8) is 0 Å². The second kappa shape index (κ2) is 4.82. The van der Waals surface area contributed by atoms with Crippen molar-refractivity contribution in [1.82, 2.24) is 4.90 Å². The zero-order valence-corrected chi connectivity index (χ0v) is 12.6. The Morgan fingerprint density at radius 2 is 1.86 bits per heavy atom. The molecular formula is C19H17NO2. The number of fused-ring (bicyclic) bond motifs is 5. The van der Waals surface area contributed by atoms with Crippen molar-refractivity contribution in [2.24, 2.45) is 0 Å². The molecule has 2 aromatic carbocycles. The van der Waals surface area contributed by atoms with Crippen LogP contribution in [0.2, 0.25) is 0 Å². The molecule has 0 N–H and O–H groups in total. The number of carbonyl (C=O) groups is 1. The van der Waals surface area contributed by atoms with E-state index in [-0.39, 0.29) is 18.1 Å². The van der Waals surface area contributed by atoms with E-state index >= 15 is 0 Å². The van der Waals surface area contributed by atoms with Crippen molar-refractivity contribution < 1.29 is 9.53 Å². The molecule has 4 rings (SSSR count). The highest BCUT2D eigenvalue weighted by Crippen LogP contribution is 2.54. The zero-order valence-electron chi connectivity index (χ0n) is 12.6. The van der Waals surface area contributed by atoms with Gasteiger partial charge >= 0.3 is 5.97 Å². The minimum atomic E-state index is -0.277. The van der Waals surface area contributed by atoms with Crippen molar-refractivity contribution in [2.45, 2.75) is 12.1 Å². The largest absolute Gasteiger partial charge is 0.465 e. The van der Waals surface area contributed by atoms with Gasteiger partial charge in [0.15, 0.2) is 0 Å². The molecule has 0 aromatic heterocycles. The number of rotatable bonds is 2. The number of benzene rings is 2. The lowest BCUT2D eigenvalue weighted by atomic mass is 9.87. The van der Waals surface area contributed by atoms with E-state index in [1.807, 2.05) is 18.2 Å². The van der Waals surface area contributed by atoms with Gasteiger partial charge in [-0.15, -0.1) is 0 Å². The van der Waals surface area contributed by atoms with Crippen molar-refractivity contribution in [2.75, 3.05) is 14.2 Å². The normalized spacial score (nSPS) is 22.4. The second-order valence-corrected chi connectivity index (χ2v) is 5.84. The summed E-state index contributed by atoms with van der Waals surface area (Å²) in [6.07, 6.45) is 2.31. The fraction of sp³-hybridized carbons (Fsp3) is 0.211. The standard InChI is InChI=1S/C19H17NO2/c1-20-17-11-15(12-6-4-3-5-7-12)18(20)14-9-8-13(10-16(14)17)19(21)22-2/h3-11,17-18H,1-2H3. The first kappa shape index (κ1) is 13.3. The maximum atomic E-state index is 11.7. The Bertz CT molecular complexity index is 779. The molecule has 2 aliphatic heterocycles. The van der Waals surface area contributed by atoms with Gasteiger partial charge in [-0.25, -0.2) is 4.79 Å². The summed E-state index contributed by atoms with van der Waals surface area (Å²) in [5, 5.41) is 0. The smallest absolute Gasteiger partial charge is 0.337 e. The van der Waals surface area contributed by atoms with Crippen LogP contribution in [-0.2, 0) is 4.74 Å². The molecule has 2 aliphatic rings. The highest BCUT2D eigenvalue weighted by molar-refractivity contribution is 5.90. The summed E-state index contributed by atoms with van der Waals surface area (Å²) in [6.45, 7) is 0. The Morgan fingerprint density at radius 1 is 1.09 bits per heavy atom. The maximum Gasteiger partial charge on any atom is 0.337 e. The summed E-state index contributed by atoms with van der Waals surface area (Å²) in [4.78, 5) is 14.1. The highest BCUT2D eigenvalue weighted by atomic mass is 16.5. The van der Waals surface area contributed by atoms with Gasteiger partial charge in [-0.05, 0) is 41.4 Å². The molecule has 2 atom stereocenters. The van der Waals surface area contributed by atoms with E-state index in [0.29, 0.717) is 5.56 Å². The molecule has 0 amide bonds. The molecule has 2 heterocycles. The van der Waals surface area contributed by atoms with Gasteiger partial charge in [-0.3, -0.25) is 4.90 Å². The molecule has 0 aliphatic carbocycles. The van der Waals surface area contributed by atoms with Crippen LogP contribution in [0.15, 0.2) is 54.6 Å². The number of hydrogen-bond acceptors (Lipinski definition) is 3.